The van der Waals surface area contributed by atoms with Crippen molar-refractivity contribution in [1.29, 1.82) is 0 Å². The van der Waals surface area contributed by atoms with E-state index in [1.54, 1.807) is 0 Å². The molecule has 2 heterocycles. The second-order valence-electron chi connectivity index (χ2n) is 9.47. The number of benzene rings is 1. The molecule has 1 amide bonds. The number of aromatic nitrogens is 2. The van der Waals surface area contributed by atoms with Crippen LogP contribution in [-0.4, -0.2) is 52.8 Å². The normalized spacial score (nSPS) is 20.1. The number of alkyl halides is 3. The molecule has 4 N–H and O–H groups in total. The molecule has 0 bridgehead atoms. The molecule has 1 fully saturated rings. The number of carbonyl (C=O) groups excluding carboxylic acids is 1. The molecule has 2 aromatic rings. The minimum Gasteiger partial charge on any atom is -0.481 e. The Morgan fingerprint density at radius 1 is 1.16 bits per heavy atom. The highest BCUT2D eigenvalue weighted by Gasteiger charge is 2.31. The minimum atomic E-state index is -4.24. The molecule has 200 valence electrons. The first kappa shape index (κ1) is 26.5. The number of hydrogen-bond donors (Lipinski definition) is 3. The number of ether oxygens (including phenoxy) is 1. The molecule has 0 atom stereocenters. The van der Waals surface area contributed by atoms with E-state index in [0.29, 0.717) is 11.6 Å². The number of hydrogen-bond acceptors (Lipinski definition) is 7. The number of nitrogens with two attached hydrogens (primary N) is 1. The standard InChI is InChI=1S/C25H30F3N5O4/c26-25(27,28)10-1-11-30-24-31-21(29)20-22(32-24)37-13-12-33(23(20)36)18-8-6-17(7-9-18)16-4-2-15(3-5-16)14-19(34)35/h6-9,15-16H,1-5,10-14H2,(H,34,35)(H3,29,30,31,32)/t15-,16-. The summed E-state index contributed by atoms with van der Waals surface area (Å²) in [6.45, 7) is 0.395. The van der Waals surface area contributed by atoms with Gasteiger partial charge < -0.3 is 25.8 Å². The highest BCUT2D eigenvalue weighted by Crippen LogP contribution is 2.38. The van der Waals surface area contributed by atoms with Gasteiger partial charge in [-0.3, -0.25) is 9.59 Å². The van der Waals surface area contributed by atoms with Crippen molar-refractivity contribution in [3.63, 3.8) is 0 Å². The summed E-state index contributed by atoms with van der Waals surface area (Å²) < 4.78 is 42.7. The van der Waals surface area contributed by atoms with Gasteiger partial charge >= 0.3 is 12.1 Å². The molecule has 1 aliphatic carbocycles. The van der Waals surface area contributed by atoms with Crippen molar-refractivity contribution in [1.82, 2.24) is 9.97 Å². The van der Waals surface area contributed by atoms with Crippen LogP contribution in [0.2, 0.25) is 0 Å². The van der Waals surface area contributed by atoms with Gasteiger partial charge in [-0.15, -0.1) is 0 Å². The summed E-state index contributed by atoms with van der Waals surface area (Å²) in [5.41, 5.74) is 7.88. The SMILES string of the molecule is Nc1nc(NCCCC(F)(F)F)nc2c1C(=O)N(c1ccc([C@H]3CC[C@H](CC(=O)O)CC3)cc1)CCO2. The number of carbonyl (C=O) groups is 2. The van der Waals surface area contributed by atoms with Crippen LogP contribution in [0.15, 0.2) is 24.3 Å². The van der Waals surface area contributed by atoms with E-state index < -0.39 is 24.5 Å². The third-order valence-corrected chi connectivity index (χ3v) is 6.82. The van der Waals surface area contributed by atoms with Crippen LogP contribution < -0.4 is 20.7 Å². The van der Waals surface area contributed by atoms with Gasteiger partial charge in [0.25, 0.3) is 5.91 Å². The topological polar surface area (TPSA) is 131 Å². The van der Waals surface area contributed by atoms with Crippen LogP contribution in [0.1, 0.15) is 66.8 Å². The maximum Gasteiger partial charge on any atom is 0.389 e. The molecule has 0 saturated heterocycles. The van der Waals surface area contributed by atoms with E-state index in [-0.39, 0.29) is 61.7 Å². The lowest BCUT2D eigenvalue weighted by atomic mass is 9.77. The Balaban J connectivity index is 1.42. The van der Waals surface area contributed by atoms with Gasteiger partial charge in [-0.25, -0.2) is 0 Å². The molecule has 1 aromatic heterocycles. The highest BCUT2D eigenvalue weighted by molar-refractivity contribution is 6.10. The molecule has 1 aromatic carbocycles. The highest BCUT2D eigenvalue weighted by atomic mass is 19.4. The molecule has 4 rings (SSSR count). The van der Waals surface area contributed by atoms with Crippen molar-refractivity contribution in [3.05, 3.63) is 35.4 Å². The summed E-state index contributed by atoms with van der Waals surface area (Å²) in [6, 6.07) is 7.72. The van der Waals surface area contributed by atoms with Gasteiger partial charge in [0.1, 0.15) is 18.0 Å². The molecule has 0 unspecified atom stereocenters. The zero-order valence-corrected chi connectivity index (χ0v) is 20.3. The molecule has 0 spiro atoms. The predicted octanol–water partition coefficient (Wildman–Crippen LogP) is 4.60. The van der Waals surface area contributed by atoms with Gasteiger partial charge in [-0.2, -0.15) is 23.1 Å². The monoisotopic (exact) mass is 521 g/mol. The van der Waals surface area contributed by atoms with Crippen molar-refractivity contribution < 1.29 is 32.6 Å². The van der Waals surface area contributed by atoms with Gasteiger partial charge in [0.2, 0.25) is 11.8 Å². The Morgan fingerprint density at radius 3 is 2.51 bits per heavy atom. The number of nitrogens with one attached hydrogen (secondary N) is 1. The Morgan fingerprint density at radius 2 is 1.86 bits per heavy atom. The number of halogens is 3. The van der Waals surface area contributed by atoms with Gasteiger partial charge in [-0.05, 0) is 61.6 Å². The van der Waals surface area contributed by atoms with Crippen LogP contribution in [0.5, 0.6) is 5.88 Å². The van der Waals surface area contributed by atoms with Crippen molar-refractivity contribution in [2.45, 2.75) is 57.0 Å². The van der Waals surface area contributed by atoms with Crippen molar-refractivity contribution in [2.75, 3.05) is 35.6 Å². The number of fused-ring (bicyclic) bond motifs is 1. The van der Waals surface area contributed by atoms with E-state index in [9.17, 15) is 22.8 Å². The summed E-state index contributed by atoms with van der Waals surface area (Å²) in [5, 5.41) is 11.7. The molecular weight excluding hydrogens is 491 g/mol. The molecular formula is C25H30F3N5O4. The largest absolute Gasteiger partial charge is 0.481 e. The summed E-state index contributed by atoms with van der Waals surface area (Å²) >= 11 is 0. The number of amides is 1. The summed E-state index contributed by atoms with van der Waals surface area (Å²) in [4.78, 5) is 34.0. The number of carboxylic acids is 1. The third-order valence-electron chi connectivity index (χ3n) is 6.82. The van der Waals surface area contributed by atoms with Gasteiger partial charge in [0.05, 0.1) is 6.54 Å². The van der Waals surface area contributed by atoms with E-state index in [1.165, 1.54) is 4.90 Å². The average Bonchev–Trinajstić information content (AvgIpc) is 3.00. The fraction of sp³-hybridized carbons (Fsp3) is 0.520. The molecule has 9 nitrogen and oxygen atoms in total. The van der Waals surface area contributed by atoms with Crippen molar-refractivity contribution >= 4 is 29.3 Å². The second-order valence-corrected chi connectivity index (χ2v) is 9.47. The third kappa shape index (κ3) is 6.80. The predicted molar refractivity (Wildman–Crippen MR) is 131 cm³/mol. The molecule has 12 heteroatoms. The van der Waals surface area contributed by atoms with Crippen LogP contribution in [-0.2, 0) is 4.79 Å². The zero-order chi connectivity index (χ0) is 26.6. The Bertz CT molecular complexity index is 1120. The van der Waals surface area contributed by atoms with Crippen LogP contribution in [0.3, 0.4) is 0 Å². The number of aliphatic carboxylic acids is 1. The number of rotatable bonds is 8. The second kappa shape index (κ2) is 11.2. The number of nitrogens with zero attached hydrogens (tertiary/aromatic N) is 3. The van der Waals surface area contributed by atoms with E-state index in [4.69, 9.17) is 15.6 Å². The first-order valence-electron chi connectivity index (χ1n) is 12.4. The Kier molecular flexibility index (Phi) is 8.03. The number of nitrogen functional groups attached to an aromatic ring is 1. The maximum absolute atomic E-state index is 13.3. The first-order chi connectivity index (χ1) is 17.6. The van der Waals surface area contributed by atoms with E-state index >= 15 is 0 Å². The van der Waals surface area contributed by atoms with E-state index in [2.05, 4.69) is 15.3 Å². The van der Waals surface area contributed by atoms with Crippen LogP contribution >= 0.6 is 0 Å². The summed E-state index contributed by atoms with van der Waals surface area (Å²) in [5.74, 6) is -0.708. The minimum absolute atomic E-state index is 0.00195. The number of anilines is 3. The fourth-order valence-electron chi connectivity index (χ4n) is 4.92. The summed E-state index contributed by atoms with van der Waals surface area (Å²) in [7, 11) is 0. The van der Waals surface area contributed by atoms with Gasteiger partial charge in [0.15, 0.2) is 0 Å². The zero-order valence-electron chi connectivity index (χ0n) is 20.3. The lowest BCUT2D eigenvalue weighted by Crippen LogP contribution is -2.32. The van der Waals surface area contributed by atoms with Crippen molar-refractivity contribution in [2.24, 2.45) is 5.92 Å². The Hall–Kier alpha value is -3.57. The molecule has 1 saturated carbocycles. The smallest absolute Gasteiger partial charge is 0.389 e. The maximum atomic E-state index is 13.3. The van der Waals surface area contributed by atoms with Gasteiger partial charge in [-0.1, -0.05) is 12.1 Å². The van der Waals surface area contributed by atoms with Crippen LogP contribution in [0.25, 0.3) is 0 Å². The molecule has 1 aliphatic heterocycles. The Labute approximate surface area is 212 Å². The first-order valence-corrected chi connectivity index (χ1v) is 12.4. The lowest BCUT2D eigenvalue weighted by molar-refractivity contribution is -0.138. The fourth-order valence-corrected chi connectivity index (χ4v) is 4.92. The van der Waals surface area contributed by atoms with E-state index in [1.807, 2.05) is 24.3 Å². The van der Waals surface area contributed by atoms with Gasteiger partial charge in [0, 0.05) is 25.1 Å². The van der Waals surface area contributed by atoms with E-state index in [0.717, 1.165) is 31.2 Å². The summed E-state index contributed by atoms with van der Waals surface area (Å²) in [6.07, 6.45) is -1.48. The molecule has 2 aliphatic rings. The van der Waals surface area contributed by atoms with Crippen LogP contribution in [0, 0.1) is 5.92 Å². The number of carboxylic acid groups (broad SMARTS) is 1. The average molecular weight is 522 g/mol. The molecule has 37 heavy (non-hydrogen) atoms. The van der Waals surface area contributed by atoms with Crippen molar-refractivity contribution in [3.8, 4) is 5.88 Å². The van der Waals surface area contributed by atoms with Crippen LogP contribution in [0.4, 0.5) is 30.6 Å². The quantitative estimate of drug-likeness (QED) is 0.430. The molecule has 0 radical (unpaired) electrons. The lowest BCUT2D eigenvalue weighted by Gasteiger charge is -2.28.